The summed E-state index contributed by atoms with van der Waals surface area (Å²) in [7, 11) is 0. The first-order valence-electron chi connectivity index (χ1n) is 7.71. The number of benzene rings is 1. The van der Waals surface area contributed by atoms with Gasteiger partial charge < -0.3 is 5.32 Å². The van der Waals surface area contributed by atoms with Crippen LogP contribution in [0, 0.1) is 5.82 Å². The van der Waals surface area contributed by atoms with Crippen LogP contribution in [-0.4, -0.2) is 20.7 Å². The third kappa shape index (κ3) is 2.56. The summed E-state index contributed by atoms with van der Waals surface area (Å²) in [5.74, 6) is -0.0580. The Morgan fingerprint density at radius 3 is 2.67 bits per heavy atom. The summed E-state index contributed by atoms with van der Waals surface area (Å²) in [5.41, 5.74) is 1.07. The normalized spacial score (nSPS) is 15.0. The SMILES string of the molecule is O=C(Nc1ccn(-c2cncc(F)c2)n1)C1(c2ccccc2)CC1. The van der Waals surface area contributed by atoms with Crippen LogP contribution >= 0.6 is 0 Å². The summed E-state index contributed by atoms with van der Waals surface area (Å²) in [5, 5.41) is 7.14. The number of nitrogens with zero attached hydrogens (tertiary/aromatic N) is 3. The number of halogens is 1. The number of rotatable bonds is 4. The zero-order valence-corrected chi connectivity index (χ0v) is 12.8. The van der Waals surface area contributed by atoms with Gasteiger partial charge in [-0.3, -0.25) is 9.78 Å². The van der Waals surface area contributed by atoms with Gasteiger partial charge >= 0.3 is 0 Å². The summed E-state index contributed by atoms with van der Waals surface area (Å²) >= 11 is 0. The largest absolute Gasteiger partial charge is 0.308 e. The van der Waals surface area contributed by atoms with E-state index in [1.165, 1.54) is 16.9 Å². The van der Waals surface area contributed by atoms with Crippen LogP contribution in [0.5, 0.6) is 0 Å². The van der Waals surface area contributed by atoms with E-state index >= 15 is 0 Å². The summed E-state index contributed by atoms with van der Waals surface area (Å²) in [6, 6.07) is 12.8. The number of carbonyl (C=O) groups is 1. The second-order valence-corrected chi connectivity index (χ2v) is 5.91. The molecule has 1 aliphatic rings. The van der Waals surface area contributed by atoms with Crippen molar-refractivity contribution in [3.05, 3.63) is 72.4 Å². The minimum Gasteiger partial charge on any atom is -0.308 e. The Hall–Kier alpha value is -3.02. The molecule has 1 N–H and O–H groups in total. The predicted octanol–water partition coefficient (Wildman–Crippen LogP) is 3.08. The number of carbonyl (C=O) groups excluding carboxylic acids is 1. The molecule has 0 spiro atoms. The Morgan fingerprint density at radius 1 is 1.17 bits per heavy atom. The molecule has 1 aromatic carbocycles. The highest BCUT2D eigenvalue weighted by Crippen LogP contribution is 2.48. The summed E-state index contributed by atoms with van der Waals surface area (Å²) < 4.78 is 14.7. The van der Waals surface area contributed by atoms with E-state index < -0.39 is 11.2 Å². The molecule has 120 valence electrons. The van der Waals surface area contributed by atoms with Crippen molar-refractivity contribution in [1.29, 1.82) is 0 Å². The van der Waals surface area contributed by atoms with E-state index in [9.17, 15) is 9.18 Å². The van der Waals surface area contributed by atoms with Gasteiger partial charge in [-0.05, 0) is 18.4 Å². The van der Waals surface area contributed by atoms with Crippen LogP contribution in [0.1, 0.15) is 18.4 Å². The van der Waals surface area contributed by atoms with E-state index in [2.05, 4.69) is 15.4 Å². The van der Waals surface area contributed by atoms with Gasteiger partial charge in [0.2, 0.25) is 5.91 Å². The standard InChI is InChI=1S/C18H15FN4O/c19-14-10-15(12-20-11-14)23-9-6-16(22-23)21-17(24)18(7-8-18)13-4-2-1-3-5-13/h1-6,9-12H,7-8H2,(H,21,22,24). The van der Waals surface area contributed by atoms with Crippen LogP contribution in [-0.2, 0) is 10.2 Å². The molecule has 24 heavy (non-hydrogen) atoms. The number of hydrogen-bond acceptors (Lipinski definition) is 3. The van der Waals surface area contributed by atoms with Crippen molar-refractivity contribution in [2.75, 3.05) is 5.32 Å². The molecule has 6 heteroatoms. The van der Waals surface area contributed by atoms with Crippen molar-refractivity contribution < 1.29 is 9.18 Å². The first kappa shape index (κ1) is 14.6. The number of amides is 1. The van der Waals surface area contributed by atoms with E-state index in [0.29, 0.717) is 11.5 Å². The lowest BCUT2D eigenvalue weighted by Gasteiger charge is -2.14. The molecule has 2 heterocycles. The highest BCUT2D eigenvalue weighted by molar-refractivity contribution is 6.00. The van der Waals surface area contributed by atoms with Gasteiger partial charge in [-0.25, -0.2) is 9.07 Å². The molecule has 2 aromatic heterocycles. The highest BCUT2D eigenvalue weighted by atomic mass is 19.1. The Labute approximate surface area is 138 Å². The zero-order chi connectivity index (χ0) is 16.6. The fraction of sp³-hybridized carbons (Fsp3) is 0.167. The number of nitrogens with one attached hydrogen (secondary N) is 1. The third-order valence-corrected chi connectivity index (χ3v) is 4.30. The van der Waals surface area contributed by atoms with Gasteiger partial charge in [-0.15, -0.1) is 0 Å². The molecule has 0 radical (unpaired) electrons. The van der Waals surface area contributed by atoms with E-state index in [0.717, 1.165) is 24.6 Å². The molecule has 1 fully saturated rings. The van der Waals surface area contributed by atoms with Gasteiger partial charge in [0, 0.05) is 18.3 Å². The summed E-state index contributed by atoms with van der Waals surface area (Å²) in [6.45, 7) is 0. The van der Waals surface area contributed by atoms with Crippen LogP contribution in [0.15, 0.2) is 61.1 Å². The lowest BCUT2D eigenvalue weighted by atomic mass is 9.95. The average molecular weight is 322 g/mol. The zero-order valence-electron chi connectivity index (χ0n) is 12.8. The number of hydrogen-bond donors (Lipinski definition) is 1. The summed E-state index contributed by atoms with van der Waals surface area (Å²) in [6.07, 6.45) is 5.96. The van der Waals surface area contributed by atoms with E-state index in [1.807, 2.05) is 30.3 Å². The number of anilines is 1. The van der Waals surface area contributed by atoms with Crippen molar-refractivity contribution in [3.8, 4) is 5.69 Å². The predicted molar refractivity (Wildman–Crippen MR) is 87.3 cm³/mol. The van der Waals surface area contributed by atoms with Gasteiger partial charge in [0.05, 0.1) is 23.5 Å². The second kappa shape index (κ2) is 5.56. The Morgan fingerprint density at radius 2 is 1.96 bits per heavy atom. The molecular formula is C18H15FN4O. The number of pyridine rings is 1. The number of aromatic nitrogens is 3. The maximum Gasteiger partial charge on any atom is 0.236 e. The van der Waals surface area contributed by atoms with Crippen molar-refractivity contribution in [1.82, 2.24) is 14.8 Å². The minimum atomic E-state index is -0.453. The molecular weight excluding hydrogens is 307 g/mol. The second-order valence-electron chi connectivity index (χ2n) is 5.91. The lowest BCUT2D eigenvalue weighted by Crippen LogP contribution is -2.28. The van der Waals surface area contributed by atoms with Gasteiger partial charge in [0.15, 0.2) is 5.82 Å². The van der Waals surface area contributed by atoms with Crippen molar-refractivity contribution >= 4 is 11.7 Å². The molecule has 0 atom stereocenters. The van der Waals surface area contributed by atoms with Crippen LogP contribution in [0.4, 0.5) is 10.2 Å². The molecule has 1 aliphatic carbocycles. The lowest BCUT2D eigenvalue weighted by molar-refractivity contribution is -0.118. The quantitative estimate of drug-likeness (QED) is 0.803. The van der Waals surface area contributed by atoms with E-state index in [-0.39, 0.29) is 5.91 Å². The van der Waals surface area contributed by atoms with E-state index in [1.54, 1.807) is 12.3 Å². The molecule has 0 unspecified atom stereocenters. The molecule has 0 bridgehead atoms. The fourth-order valence-electron chi connectivity index (χ4n) is 2.83. The van der Waals surface area contributed by atoms with Crippen molar-refractivity contribution in [3.63, 3.8) is 0 Å². The molecule has 0 aliphatic heterocycles. The van der Waals surface area contributed by atoms with Crippen LogP contribution in [0.3, 0.4) is 0 Å². The molecule has 1 saturated carbocycles. The Bertz CT molecular complexity index is 887. The first-order valence-corrected chi connectivity index (χ1v) is 7.71. The monoisotopic (exact) mass is 322 g/mol. The van der Waals surface area contributed by atoms with Gasteiger partial charge in [-0.1, -0.05) is 30.3 Å². The maximum atomic E-state index is 13.2. The van der Waals surface area contributed by atoms with Gasteiger partial charge in [-0.2, -0.15) is 5.10 Å². The minimum absolute atomic E-state index is 0.0590. The third-order valence-electron chi connectivity index (χ3n) is 4.30. The van der Waals surface area contributed by atoms with Gasteiger partial charge in [0.1, 0.15) is 5.82 Å². The van der Waals surface area contributed by atoms with E-state index in [4.69, 9.17) is 0 Å². The van der Waals surface area contributed by atoms with Crippen LogP contribution < -0.4 is 5.32 Å². The highest BCUT2D eigenvalue weighted by Gasteiger charge is 2.51. The maximum absolute atomic E-state index is 13.2. The molecule has 0 saturated heterocycles. The van der Waals surface area contributed by atoms with Gasteiger partial charge in [0.25, 0.3) is 0 Å². The topological polar surface area (TPSA) is 59.8 Å². The Kier molecular flexibility index (Phi) is 3.37. The molecule has 5 nitrogen and oxygen atoms in total. The molecule has 4 rings (SSSR count). The smallest absolute Gasteiger partial charge is 0.236 e. The molecule has 1 amide bonds. The first-order chi connectivity index (χ1) is 11.7. The van der Waals surface area contributed by atoms with Crippen LogP contribution in [0.2, 0.25) is 0 Å². The van der Waals surface area contributed by atoms with Crippen LogP contribution in [0.25, 0.3) is 5.69 Å². The average Bonchev–Trinajstić information content (AvgIpc) is 3.29. The van der Waals surface area contributed by atoms with Crippen molar-refractivity contribution in [2.45, 2.75) is 18.3 Å². The molecule has 3 aromatic rings. The summed E-state index contributed by atoms with van der Waals surface area (Å²) in [4.78, 5) is 16.5. The fourth-order valence-corrected chi connectivity index (χ4v) is 2.83. The Balaban J connectivity index is 1.53. The van der Waals surface area contributed by atoms with Crippen molar-refractivity contribution in [2.24, 2.45) is 0 Å².